The normalized spacial score (nSPS) is 17.4. The quantitative estimate of drug-likeness (QED) is 0.465. The van der Waals surface area contributed by atoms with Gasteiger partial charge in [0, 0.05) is 0 Å². The minimum absolute atomic E-state index is 0.269. The third-order valence-electron chi connectivity index (χ3n) is 2.68. The van der Waals surface area contributed by atoms with Crippen LogP contribution in [0.2, 0.25) is 0 Å². The molecule has 0 amide bonds. The molecule has 0 aliphatic carbocycles. The molecule has 3 heteroatoms. The van der Waals surface area contributed by atoms with Gasteiger partial charge in [-0.25, -0.2) is 0 Å². The zero-order chi connectivity index (χ0) is 11.0. The average molecular weight is 202 g/mol. The van der Waals surface area contributed by atoms with Crippen molar-refractivity contribution in [3.63, 3.8) is 0 Å². The molecule has 0 radical (unpaired) electrons. The summed E-state index contributed by atoms with van der Waals surface area (Å²) in [6, 6.07) is 0. The Bertz CT molecular complexity index is 159. The Balaban J connectivity index is 3.81. The minimum atomic E-state index is -1.54. The molecule has 0 saturated carbocycles. The molecule has 0 aromatic carbocycles. The van der Waals surface area contributed by atoms with E-state index in [4.69, 9.17) is 0 Å². The van der Waals surface area contributed by atoms with Crippen molar-refractivity contribution >= 4 is 6.29 Å². The topological polar surface area (TPSA) is 57.5 Å². The molecule has 14 heavy (non-hydrogen) atoms. The minimum Gasteiger partial charge on any atom is -0.390 e. The fourth-order valence-corrected chi connectivity index (χ4v) is 1.41. The van der Waals surface area contributed by atoms with E-state index in [1.807, 2.05) is 0 Å². The molecule has 0 rings (SSSR count). The molecule has 2 atom stereocenters. The molecule has 84 valence electrons. The van der Waals surface area contributed by atoms with Crippen LogP contribution < -0.4 is 0 Å². The average Bonchev–Trinajstić information content (AvgIpc) is 2.22. The zero-order valence-corrected chi connectivity index (χ0v) is 9.20. The molecule has 2 unspecified atom stereocenters. The van der Waals surface area contributed by atoms with E-state index in [2.05, 4.69) is 6.92 Å². The molecule has 0 aromatic heterocycles. The van der Waals surface area contributed by atoms with Crippen molar-refractivity contribution < 1.29 is 15.0 Å². The molecule has 0 aliphatic rings. The second-order valence-electron chi connectivity index (χ2n) is 3.83. The lowest BCUT2D eigenvalue weighted by molar-refractivity contribution is -0.138. The SMILES string of the molecule is CCCCCCC(O)C(O)(C=O)CC. The van der Waals surface area contributed by atoms with Crippen molar-refractivity contribution in [3.8, 4) is 0 Å². The summed E-state index contributed by atoms with van der Waals surface area (Å²) in [7, 11) is 0. The van der Waals surface area contributed by atoms with Gasteiger partial charge in [-0.2, -0.15) is 0 Å². The molecule has 0 aliphatic heterocycles. The number of hydrogen-bond donors (Lipinski definition) is 2. The van der Waals surface area contributed by atoms with Crippen molar-refractivity contribution in [1.29, 1.82) is 0 Å². The molecule has 0 heterocycles. The number of carbonyl (C=O) groups is 1. The Hall–Kier alpha value is -0.410. The molecule has 0 spiro atoms. The van der Waals surface area contributed by atoms with Gasteiger partial charge in [-0.3, -0.25) is 0 Å². The van der Waals surface area contributed by atoms with Gasteiger partial charge in [-0.05, 0) is 12.8 Å². The van der Waals surface area contributed by atoms with Gasteiger partial charge in [0.25, 0.3) is 0 Å². The first-order chi connectivity index (χ1) is 6.60. The summed E-state index contributed by atoms with van der Waals surface area (Å²) < 4.78 is 0. The zero-order valence-electron chi connectivity index (χ0n) is 9.20. The summed E-state index contributed by atoms with van der Waals surface area (Å²) in [5, 5.41) is 19.2. The summed E-state index contributed by atoms with van der Waals surface area (Å²) in [5.41, 5.74) is -1.54. The fraction of sp³-hybridized carbons (Fsp3) is 0.909. The van der Waals surface area contributed by atoms with E-state index in [9.17, 15) is 15.0 Å². The summed E-state index contributed by atoms with van der Waals surface area (Å²) in [6.07, 6.45) is 4.51. The van der Waals surface area contributed by atoms with E-state index >= 15 is 0 Å². The predicted molar refractivity (Wildman–Crippen MR) is 56.1 cm³/mol. The number of aliphatic hydroxyl groups excluding tert-OH is 1. The van der Waals surface area contributed by atoms with Crippen molar-refractivity contribution in [2.24, 2.45) is 0 Å². The number of aliphatic hydroxyl groups is 2. The van der Waals surface area contributed by atoms with E-state index in [0.29, 0.717) is 12.7 Å². The lowest BCUT2D eigenvalue weighted by atomic mass is 9.91. The molecule has 0 aromatic rings. The van der Waals surface area contributed by atoms with Crippen LogP contribution in [0.15, 0.2) is 0 Å². The Morgan fingerprint density at radius 1 is 1.29 bits per heavy atom. The summed E-state index contributed by atoms with van der Waals surface area (Å²) >= 11 is 0. The first-order valence-corrected chi connectivity index (χ1v) is 5.47. The lowest BCUT2D eigenvalue weighted by Gasteiger charge is -2.26. The van der Waals surface area contributed by atoms with E-state index in [1.54, 1.807) is 6.92 Å². The smallest absolute Gasteiger partial charge is 0.154 e. The van der Waals surface area contributed by atoms with Gasteiger partial charge in [0.15, 0.2) is 6.29 Å². The highest BCUT2D eigenvalue weighted by Crippen LogP contribution is 2.18. The van der Waals surface area contributed by atoms with Gasteiger partial charge < -0.3 is 15.0 Å². The maximum Gasteiger partial charge on any atom is 0.154 e. The molecule has 2 N–H and O–H groups in total. The van der Waals surface area contributed by atoms with E-state index in [-0.39, 0.29) is 6.42 Å². The van der Waals surface area contributed by atoms with Crippen LogP contribution >= 0.6 is 0 Å². The second kappa shape index (κ2) is 6.96. The van der Waals surface area contributed by atoms with Gasteiger partial charge in [-0.1, -0.05) is 39.5 Å². The number of unbranched alkanes of at least 4 members (excludes halogenated alkanes) is 3. The molecule has 3 nitrogen and oxygen atoms in total. The number of aldehydes is 1. The van der Waals surface area contributed by atoms with Gasteiger partial charge >= 0.3 is 0 Å². The van der Waals surface area contributed by atoms with Crippen LogP contribution in [0.5, 0.6) is 0 Å². The van der Waals surface area contributed by atoms with Crippen molar-refractivity contribution in [2.75, 3.05) is 0 Å². The number of rotatable bonds is 8. The maximum atomic E-state index is 10.6. The van der Waals surface area contributed by atoms with Crippen LogP contribution in [-0.2, 0) is 4.79 Å². The van der Waals surface area contributed by atoms with Crippen LogP contribution in [0, 0.1) is 0 Å². The molecule has 0 bridgehead atoms. The lowest BCUT2D eigenvalue weighted by Crippen LogP contribution is -2.43. The number of carbonyl (C=O) groups excluding carboxylic acids is 1. The number of hydrogen-bond acceptors (Lipinski definition) is 3. The van der Waals surface area contributed by atoms with Crippen molar-refractivity contribution in [3.05, 3.63) is 0 Å². The largest absolute Gasteiger partial charge is 0.390 e. The summed E-state index contributed by atoms with van der Waals surface area (Å²) in [6.45, 7) is 3.81. The van der Waals surface area contributed by atoms with Crippen LogP contribution in [0.3, 0.4) is 0 Å². The Labute approximate surface area is 86.1 Å². The van der Waals surface area contributed by atoms with E-state index in [1.165, 1.54) is 0 Å². The molecular formula is C11H22O3. The van der Waals surface area contributed by atoms with Crippen LogP contribution in [0.25, 0.3) is 0 Å². The summed E-state index contributed by atoms with van der Waals surface area (Å²) in [5.74, 6) is 0. The predicted octanol–water partition coefficient (Wildman–Crippen LogP) is 1.66. The molecular weight excluding hydrogens is 180 g/mol. The van der Waals surface area contributed by atoms with Gasteiger partial charge in [0.2, 0.25) is 0 Å². The standard InChI is InChI=1S/C11H22O3/c1-3-5-6-7-8-10(13)11(14,4-2)9-12/h9-10,13-14H,3-8H2,1-2H3. The highest BCUT2D eigenvalue weighted by molar-refractivity contribution is 5.63. The van der Waals surface area contributed by atoms with Gasteiger partial charge in [0.1, 0.15) is 5.60 Å². The van der Waals surface area contributed by atoms with Crippen LogP contribution in [-0.4, -0.2) is 28.2 Å². The van der Waals surface area contributed by atoms with E-state index in [0.717, 1.165) is 25.7 Å². The second-order valence-corrected chi connectivity index (χ2v) is 3.83. The Morgan fingerprint density at radius 3 is 2.36 bits per heavy atom. The third-order valence-corrected chi connectivity index (χ3v) is 2.68. The van der Waals surface area contributed by atoms with Crippen LogP contribution in [0.4, 0.5) is 0 Å². The Kier molecular flexibility index (Phi) is 6.75. The Morgan fingerprint density at radius 2 is 1.93 bits per heavy atom. The van der Waals surface area contributed by atoms with Gasteiger partial charge in [0.05, 0.1) is 6.10 Å². The third kappa shape index (κ3) is 4.20. The highest BCUT2D eigenvalue weighted by atomic mass is 16.3. The van der Waals surface area contributed by atoms with Gasteiger partial charge in [-0.15, -0.1) is 0 Å². The fourth-order valence-electron chi connectivity index (χ4n) is 1.41. The van der Waals surface area contributed by atoms with Crippen LogP contribution in [0.1, 0.15) is 52.4 Å². The van der Waals surface area contributed by atoms with Crippen molar-refractivity contribution in [1.82, 2.24) is 0 Å². The summed E-state index contributed by atoms with van der Waals surface area (Å²) in [4.78, 5) is 10.6. The van der Waals surface area contributed by atoms with Crippen molar-refractivity contribution in [2.45, 2.75) is 64.1 Å². The highest BCUT2D eigenvalue weighted by Gasteiger charge is 2.32. The monoisotopic (exact) mass is 202 g/mol. The van der Waals surface area contributed by atoms with E-state index < -0.39 is 11.7 Å². The molecule has 0 saturated heterocycles. The first-order valence-electron chi connectivity index (χ1n) is 5.47. The maximum absolute atomic E-state index is 10.6. The first kappa shape index (κ1) is 13.6. The molecule has 0 fully saturated rings.